The number of carbonyl (C=O) groups is 1. The molecule has 0 spiro atoms. The van der Waals surface area contributed by atoms with Gasteiger partial charge in [0.15, 0.2) is 23.3 Å². The molecule has 128 valence electrons. The summed E-state index contributed by atoms with van der Waals surface area (Å²) in [5.74, 6) is -12.7. The Morgan fingerprint density at radius 2 is 1.67 bits per heavy atom. The number of nitrogens with one attached hydrogen (secondary N) is 1. The van der Waals surface area contributed by atoms with Crippen LogP contribution in [-0.4, -0.2) is 16.6 Å². The molecule has 0 unspecified atom stereocenters. The Bertz CT molecular complexity index is 798. The summed E-state index contributed by atoms with van der Waals surface area (Å²) in [5, 5.41) is 13.4. The minimum atomic E-state index is -2.34. The molecule has 1 N–H and O–H groups in total. The van der Waals surface area contributed by atoms with Crippen LogP contribution < -0.4 is 5.32 Å². The summed E-state index contributed by atoms with van der Waals surface area (Å²) in [6.07, 6.45) is 0. The highest BCUT2D eigenvalue weighted by Gasteiger charge is 2.27. The minimum absolute atomic E-state index is 0.137. The van der Waals surface area contributed by atoms with Gasteiger partial charge in [-0.25, -0.2) is 22.0 Å². The van der Waals surface area contributed by atoms with Crippen LogP contribution >= 0.6 is 23.1 Å². The summed E-state index contributed by atoms with van der Waals surface area (Å²) in [6, 6.07) is 1.36. The van der Waals surface area contributed by atoms with Crippen LogP contribution in [0.5, 0.6) is 0 Å². The van der Waals surface area contributed by atoms with E-state index in [0.29, 0.717) is 11.8 Å². The molecular formula is C12H5F5N2O3S2. The van der Waals surface area contributed by atoms with Gasteiger partial charge in [0, 0.05) is 0 Å². The van der Waals surface area contributed by atoms with Crippen molar-refractivity contribution in [2.24, 2.45) is 0 Å². The van der Waals surface area contributed by atoms with Crippen molar-refractivity contribution in [3.63, 3.8) is 0 Å². The van der Waals surface area contributed by atoms with Crippen LogP contribution in [0.3, 0.4) is 0 Å². The molecule has 0 aliphatic carbocycles. The molecule has 0 aliphatic heterocycles. The van der Waals surface area contributed by atoms with Crippen molar-refractivity contribution < 1.29 is 31.7 Å². The van der Waals surface area contributed by atoms with Gasteiger partial charge in [0.1, 0.15) is 5.69 Å². The number of thiophene rings is 1. The number of halogens is 5. The summed E-state index contributed by atoms with van der Waals surface area (Å²) in [4.78, 5) is 21.8. The van der Waals surface area contributed by atoms with E-state index >= 15 is 0 Å². The molecule has 1 aromatic carbocycles. The van der Waals surface area contributed by atoms with Gasteiger partial charge in [-0.1, -0.05) is 11.3 Å². The monoisotopic (exact) mass is 384 g/mol. The lowest BCUT2D eigenvalue weighted by molar-refractivity contribution is -0.382. The largest absolute Gasteiger partial charge is 0.337 e. The quantitative estimate of drug-likeness (QED) is 0.211. The molecule has 24 heavy (non-hydrogen) atoms. The van der Waals surface area contributed by atoms with Crippen LogP contribution in [0.25, 0.3) is 0 Å². The van der Waals surface area contributed by atoms with Crippen molar-refractivity contribution >= 4 is 39.7 Å². The second-order valence-electron chi connectivity index (χ2n) is 4.13. The lowest BCUT2D eigenvalue weighted by Crippen LogP contribution is -2.18. The molecule has 5 nitrogen and oxygen atoms in total. The predicted molar refractivity (Wildman–Crippen MR) is 76.6 cm³/mol. The Labute approximate surface area is 138 Å². The summed E-state index contributed by atoms with van der Waals surface area (Å²) >= 11 is 1.49. The predicted octanol–water partition coefficient (Wildman–Crippen LogP) is 4.08. The molecule has 2 aromatic rings. The summed E-state index contributed by atoms with van der Waals surface area (Å²) in [5.41, 5.74) is -1.48. The lowest BCUT2D eigenvalue weighted by atomic mass is 10.2. The number of anilines is 1. The minimum Gasteiger partial charge on any atom is -0.320 e. The van der Waals surface area contributed by atoms with Crippen molar-refractivity contribution in [1.82, 2.24) is 0 Å². The van der Waals surface area contributed by atoms with Crippen molar-refractivity contribution in [1.29, 1.82) is 0 Å². The summed E-state index contributed by atoms with van der Waals surface area (Å²) in [7, 11) is 0. The number of rotatable bonds is 5. The van der Waals surface area contributed by atoms with E-state index < -0.39 is 51.4 Å². The van der Waals surface area contributed by atoms with Crippen LogP contribution in [-0.2, 0) is 4.79 Å². The Hall–Kier alpha value is -2.21. The number of carbonyl (C=O) groups excluding carboxylic acids is 1. The zero-order valence-corrected chi connectivity index (χ0v) is 12.9. The number of amides is 1. The van der Waals surface area contributed by atoms with E-state index in [4.69, 9.17) is 0 Å². The second kappa shape index (κ2) is 7.13. The first kappa shape index (κ1) is 18.1. The third-order valence-electron chi connectivity index (χ3n) is 2.61. The molecule has 1 amide bonds. The number of hydrogen-bond acceptors (Lipinski definition) is 5. The highest BCUT2D eigenvalue weighted by molar-refractivity contribution is 8.00. The topological polar surface area (TPSA) is 72.2 Å². The Morgan fingerprint density at radius 1 is 1.12 bits per heavy atom. The zero-order valence-electron chi connectivity index (χ0n) is 11.2. The van der Waals surface area contributed by atoms with E-state index in [-0.39, 0.29) is 9.90 Å². The summed E-state index contributed by atoms with van der Waals surface area (Å²) < 4.78 is 65.7. The fourth-order valence-corrected chi connectivity index (χ4v) is 3.30. The van der Waals surface area contributed by atoms with Crippen LogP contribution in [0.1, 0.15) is 0 Å². The van der Waals surface area contributed by atoms with E-state index in [9.17, 15) is 36.9 Å². The van der Waals surface area contributed by atoms with Crippen LogP contribution in [0.4, 0.5) is 32.6 Å². The van der Waals surface area contributed by atoms with E-state index in [1.165, 1.54) is 11.4 Å². The highest BCUT2D eigenvalue weighted by Crippen LogP contribution is 2.34. The first-order valence-electron chi connectivity index (χ1n) is 5.90. The average Bonchev–Trinajstić information content (AvgIpc) is 3.02. The Kier molecular flexibility index (Phi) is 5.39. The normalized spacial score (nSPS) is 10.7. The molecule has 0 atom stereocenters. The van der Waals surface area contributed by atoms with Gasteiger partial charge in [0.05, 0.1) is 15.6 Å². The van der Waals surface area contributed by atoms with E-state index in [1.807, 2.05) is 0 Å². The first-order chi connectivity index (χ1) is 11.2. The molecule has 0 saturated heterocycles. The van der Waals surface area contributed by atoms with Crippen LogP contribution in [0, 0.1) is 39.2 Å². The van der Waals surface area contributed by atoms with Gasteiger partial charge in [-0.15, -0.1) is 11.8 Å². The average molecular weight is 384 g/mol. The van der Waals surface area contributed by atoms with E-state index in [2.05, 4.69) is 0 Å². The van der Waals surface area contributed by atoms with Crippen molar-refractivity contribution in [3.8, 4) is 0 Å². The molecule has 0 aliphatic rings. The standard InChI is InChI=1S/C12H5F5N2O3S2/c13-6-7(14)9(16)11(10(17)8(6)15)18-5(20)3-24-4-1-2-23-12(4)19(21)22/h1-2H,3H2,(H,18,20). The number of hydrogen-bond donors (Lipinski definition) is 1. The highest BCUT2D eigenvalue weighted by atomic mass is 32.2. The zero-order chi connectivity index (χ0) is 18.0. The van der Waals surface area contributed by atoms with Gasteiger partial charge in [-0.05, 0) is 11.4 Å². The third-order valence-corrected chi connectivity index (χ3v) is 4.65. The van der Waals surface area contributed by atoms with Gasteiger partial charge in [-0.3, -0.25) is 14.9 Å². The third kappa shape index (κ3) is 3.48. The second-order valence-corrected chi connectivity index (χ2v) is 6.04. The van der Waals surface area contributed by atoms with E-state index in [1.54, 1.807) is 5.32 Å². The molecule has 0 bridgehead atoms. The number of thioether (sulfide) groups is 1. The van der Waals surface area contributed by atoms with Gasteiger partial charge in [0.25, 0.3) is 0 Å². The smallest absolute Gasteiger partial charge is 0.320 e. The maximum absolute atomic E-state index is 13.4. The van der Waals surface area contributed by atoms with Crippen molar-refractivity contribution in [3.05, 3.63) is 50.6 Å². The first-order valence-corrected chi connectivity index (χ1v) is 7.76. The maximum Gasteiger partial charge on any atom is 0.337 e. The Morgan fingerprint density at radius 3 is 2.21 bits per heavy atom. The molecule has 0 radical (unpaired) electrons. The molecule has 1 heterocycles. The van der Waals surface area contributed by atoms with Crippen LogP contribution in [0.15, 0.2) is 16.3 Å². The van der Waals surface area contributed by atoms with Crippen molar-refractivity contribution in [2.45, 2.75) is 4.90 Å². The van der Waals surface area contributed by atoms with Gasteiger partial charge < -0.3 is 5.32 Å². The molecule has 2 rings (SSSR count). The summed E-state index contributed by atoms with van der Waals surface area (Å²) in [6.45, 7) is 0. The maximum atomic E-state index is 13.4. The SMILES string of the molecule is O=C(CSc1ccsc1[N+](=O)[O-])Nc1c(F)c(F)c(F)c(F)c1F. The van der Waals surface area contributed by atoms with Gasteiger partial charge in [0.2, 0.25) is 11.7 Å². The molecule has 0 fully saturated rings. The fraction of sp³-hybridized carbons (Fsp3) is 0.0833. The van der Waals surface area contributed by atoms with Crippen LogP contribution in [0.2, 0.25) is 0 Å². The lowest BCUT2D eigenvalue weighted by Gasteiger charge is -2.09. The Balaban J connectivity index is 2.14. The molecule has 12 heteroatoms. The molecular weight excluding hydrogens is 379 g/mol. The molecule has 0 saturated carbocycles. The number of nitro groups is 1. The number of nitrogens with zero attached hydrogens (tertiary/aromatic N) is 1. The van der Waals surface area contributed by atoms with Gasteiger partial charge >= 0.3 is 5.00 Å². The van der Waals surface area contributed by atoms with E-state index in [0.717, 1.165) is 11.3 Å². The van der Waals surface area contributed by atoms with Crippen molar-refractivity contribution in [2.75, 3.05) is 11.1 Å². The fourth-order valence-electron chi connectivity index (χ4n) is 1.57. The van der Waals surface area contributed by atoms with Gasteiger partial charge in [-0.2, -0.15) is 0 Å². The number of benzene rings is 1. The molecule has 1 aromatic heterocycles.